The smallest absolute Gasteiger partial charge is 0.305 e. The standard InChI is InChI=1S/C24H27ClN2O5/c1-5-29-22(28)7-6-12-30-18-9-10-19(16(4)13-18)23-26-24(32-27-23)17-8-11-21(20(25)14-17)31-15(2)3/h8-11,13-15H,5-7,12H2,1-4H3. The summed E-state index contributed by atoms with van der Waals surface area (Å²) >= 11 is 6.32. The van der Waals surface area contributed by atoms with Crippen molar-refractivity contribution in [3.63, 3.8) is 0 Å². The van der Waals surface area contributed by atoms with Crippen molar-refractivity contribution in [1.29, 1.82) is 0 Å². The van der Waals surface area contributed by atoms with E-state index < -0.39 is 0 Å². The quantitative estimate of drug-likeness (QED) is 0.277. The van der Waals surface area contributed by atoms with Gasteiger partial charge in [0, 0.05) is 17.5 Å². The number of rotatable bonds is 10. The highest BCUT2D eigenvalue weighted by Gasteiger charge is 2.15. The van der Waals surface area contributed by atoms with Crippen LogP contribution in [0.5, 0.6) is 11.5 Å². The second-order valence-electron chi connectivity index (χ2n) is 7.47. The maximum atomic E-state index is 11.4. The molecule has 0 N–H and O–H groups in total. The molecule has 0 atom stereocenters. The number of carbonyl (C=O) groups is 1. The minimum absolute atomic E-state index is 0.0286. The Morgan fingerprint density at radius 1 is 1.19 bits per heavy atom. The number of hydrogen-bond acceptors (Lipinski definition) is 7. The average molecular weight is 459 g/mol. The SMILES string of the molecule is CCOC(=O)CCCOc1ccc(-c2noc(-c3ccc(OC(C)C)c(Cl)c3)n2)c(C)c1. The van der Waals surface area contributed by atoms with Gasteiger partial charge < -0.3 is 18.7 Å². The van der Waals surface area contributed by atoms with Crippen LogP contribution in [-0.2, 0) is 9.53 Å². The Hall–Kier alpha value is -3.06. The second-order valence-corrected chi connectivity index (χ2v) is 7.88. The average Bonchev–Trinajstić information content (AvgIpc) is 3.22. The van der Waals surface area contributed by atoms with E-state index in [-0.39, 0.29) is 12.1 Å². The van der Waals surface area contributed by atoms with E-state index in [0.29, 0.717) is 59.9 Å². The van der Waals surface area contributed by atoms with E-state index in [2.05, 4.69) is 10.1 Å². The summed E-state index contributed by atoms with van der Waals surface area (Å²) in [5.41, 5.74) is 2.49. The zero-order chi connectivity index (χ0) is 23.1. The molecule has 2 aromatic carbocycles. The van der Waals surface area contributed by atoms with Gasteiger partial charge in [-0.05, 0) is 76.1 Å². The van der Waals surface area contributed by atoms with Crippen molar-refractivity contribution in [3.8, 4) is 34.3 Å². The van der Waals surface area contributed by atoms with Gasteiger partial charge in [-0.3, -0.25) is 4.79 Å². The maximum absolute atomic E-state index is 11.4. The summed E-state index contributed by atoms with van der Waals surface area (Å²) < 4.78 is 21.8. The van der Waals surface area contributed by atoms with E-state index in [9.17, 15) is 4.79 Å². The fourth-order valence-electron chi connectivity index (χ4n) is 3.05. The van der Waals surface area contributed by atoms with Crippen LogP contribution in [0.3, 0.4) is 0 Å². The molecular weight excluding hydrogens is 432 g/mol. The zero-order valence-corrected chi connectivity index (χ0v) is 19.4. The van der Waals surface area contributed by atoms with Gasteiger partial charge in [-0.2, -0.15) is 4.98 Å². The van der Waals surface area contributed by atoms with Crippen molar-refractivity contribution in [3.05, 3.63) is 47.0 Å². The number of nitrogens with zero attached hydrogens (tertiary/aromatic N) is 2. The molecule has 3 rings (SSSR count). The lowest BCUT2D eigenvalue weighted by Crippen LogP contribution is -2.06. The molecule has 3 aromatic rings. The Labute approximate surface area is 192 Å². The summed E-state index contributed by atoms with van der Waals surface area (Å²) in [6.45, 7) is 8.45. The summed E-state index contributed by atoms with van der Waals surface area (Å²) in [6.07, 6.45) is 0.962. The van der Waals surface area contributed by atoms with Crippen LogP contribution >= 0.6 is 11.6 Å². The van der Waals surface area contributed by atoms with Crippen LogP contribution in [-0.4, -0.2) is 35.4 Å². The molecular formula is C24H27ClN2O5. The molecule has 0 fully saturated rings. The van der Waals surface area contributed by atoms with Gasteiger partial charge in [-0.1, -0.05) is 16.8 Å². The van der Waals surface area contributed by atoms with E-state index in [1.165, 1.54) is 0 Å². The summed E-state index contributed by atoms with van der Waals surface area (Å²) in [6, 6.07) is 11.0. The molecule has 0 saturated carbocycles. The maximum Gasteiger partial charge on any atom is 0.305 e. The number of benzene rings is 2. The molecule has 0 saturated heterocycles. The molecule has 32 heavy (non-hydrogen) atoms. The lowest BCUT2D eigenvalue weighted by Gasteiger charge is -2.11. The molecule has 0 radical (unpaired) electrons. The van der Waals surface area contributed by atoms with Crippen LogP contribution in [0.2, 0.25) is 5.02 Å². The van der Waals surface area contributed by atoms with E-state index in [4.69, 9.17) is 30.3 Å². The highest BCUT2D eigenvalue weighted by molar-refractivity contribution is 6.32. The fourth-order valence-corrected chi connectivity index (χ4v) is 3.28. The predicted octanol–water partition coefficient (Wildman–Crippen LogP) is 5.87. The van der Waals surface area contributed by atoms with Gasteiger partial charge in [-0.25, -0.2) is 0 Å². The molecule has 1 aromatic heterocycles. The summed E-state index contributed by atoms with van der Waals surface area (Å²) in [7, 11) is 0. The lowest BCUT2D eigenvalue weighted by atomic mass is 10.1. The molecule has 7 nitrogen and oxygen atoms in total. The van der Waals surface area contributed by atoms with Gasteiger partial charge >= 0.3 is 5.97 Å². The molecule has 0 aliphatic rings. The molecule has 0 spiro atoms. The zero-order valence-electron chi connectivity index (χ0n) is 18.7. The Balaban J connectivity index is 1.66. The Kier molecular flexibility index (Phi) is 8.11. The molecule has 8 heteroatoms. The van der Waals surface area contributed by atoms with Gasteiger partial charge in [0.25, 0.3) is 5.89 Å². The number of halogens is 1. The van der Waals surface area contributed by atoms with Crippen molar-refractivity contribution < 1.29 is 23.5 Å². The monoisotopic (exact) mass is 458 g/mol. The minimum atomic E-state index is -0.209. The molecule has 0 unspecified atom stereocenters. The van der Waals surface area contributed by atoms with Crippen LogP contribution in [0.4, 0.5) is 0 Å². The van der Waals surface area contributed by atoms with Crippen LogP contribution in [0.15, 0.2) is 40.9 Å². The summed E-state index contributed by atoms with van der Waals surface area (Å²) in [4.78, 5) is 15.9. The molecule has 0 bridgehead atoms. The van der Waals surface area contributed by atoms with E-state index in [0.717, 1.165) is 11.1 Å². The first-order valence-electron chi connectivity index (χ1n) is 10.6. The molecule has 1 heterocycles. The van der Waals surface area contributed by atoms with Crippen LogP contribution in [0.1, 0.15) is 39.2 Å². The third-order valence-corrected chi connectivity index (χ3v) is 4.80. The Bertz CT molecular complexity index is 1060. The predicted molar refractivity (Wildman–Crippen MR) is 122 cm³/mol. The lowest BCUT2D eigenvalue weighted by molar-refractivity contribution is -0.143. The van der Waals surface area contributed by atoms with Crippen molar-refractivity contribution >= 4 is 17.6 Å². The summed E-state index contributed by atoms with van der Waals surface area (Å²) in [5.74, 6) is 1.96. The number of ether oxygens (including phenoxy) is 3. The topological polar surface area (TPSA) is 83.7 Å². The second kappa shape index (κ2) is 11.0. The number of carbonyl (C=O) groups excluding carboxylic acids is 1. The van der Waals surface area contributed by atoms with Gasteiger partial charge in [0.05, 0.1) is 24.3 Å². The highest BCUT2D eigenvalue weighted by Crippen LogP contribution is 2.32. The third-order valence-electron chi connectivity index (χ3n) is 4.51. The van der Waals surface area contributed by atoms with Gasteiger partial charge in [0.2, 0.25) is 5.82 Å². The van der Waals surface area contributed by atoms with E-state index in [1.54, 1.807) is 19.1 Å². The van der Waals surface area contributed by atoms with Gasteiger partial charge in [0.15, 0.2) is 0 Å². The van der Waals surface area contributed by atoms with Crippen LogP contribution < -0.4 is 9.47 Å². The minimum Gasteiger partial charge on any atom is -0.494 e. The number of aryl methyl sites for hydroxylation is 1. The van der Waals surface area contributed by atoms with Crippen molar-refractivity contribution in [2.24, 2.45) is 0 Å². The largest absolute Gasteiger partial charge is 0.494 e. The first kappa shape index (κ1) is 23.6. The normalized spacial score (nSPS) is 10.9. The molecule has 0 amide bonds. The molecule has 0 aliphatic carbocycles. The first-order valence-corrected chi connectivity index (χ1v) is 10.9. The van der Waals surface area contributed by atoms with E-state index in [1.807, 2.05) is 45.0 Å². The third kappa shape index (κ3) is 6.23. The Morgan fingerprint density at radius 3 is 2.69 bits per heavy atom. The van der Waals surface area contributed by atoms with Gasteiger partial charge in [-0.15, -0.1) is 0 Å². The number of hydrogen-bond donors (Lipinski definition) is 0. The first-order chi connectivity index (χ1) is 15.4. The van der Waals surface area contributed by atoms with E-state index >= 15 is 0 Å². The van der Waals surface area contributed by atoms with Crippen molar-refractivity contribution in [2.45, 2.75) is 46.6 Å². The number of esters is 1. The fraction of sp³-hybridized carbons (Fsp3) is 0.375. The van der Waals surface area contributed by atoms with Crippen molar-refractivity contribution in [1.82, 2.24) is 10.1 Å². The number of aromatic nitrogens is 2. The van der Waals surface area contributed by atoms with Crippen molar-refractivity contribution in [2.75, 3.05) is 13.2 Å². The van der Waals surface area contributed by atoms with Crippen LogP contribution in [0.25, 0.3) is 22.8 Å². The Morgan fingerprint density at radius 2 is 2.00 bits per heavy atom. The molecule has 0 aliphatic heterocycles. The highest BCUT2D eigenvalue weighted by atomic mass is 35.5. The van der Waals surface area contributed by atoms with Gasteiger partial charge in [0.1, 0.15) is 11.5 Å². The molecule has 170 valence electrons. The van der Waals surface area contributed by atoms with Crippen LogP contribution in [0, 0.1) is 6.92 Å². The summed E-state index contributed by atoms with van der Waals surface area (Å²) in [5, 5.41) is 4.60.